The number of nitro benzene ring substituents is 1. The lowest BCUT2D eigenvalue weighted by atomic mass is 10.2. The Balaban J connectivity index is 1.69. The molecule has 0 radical (unpaired) electrons. The summed E-state index contributed by atoms with van der Waals surface area (Å²) >= 11 is 1.24. The van der Waals surface area contributed by atoms with Gasteiger partial charge in [0, 0.05) is 24.4 Å². The Hall–Kier alpha value is -3.47. The highest BCUT2D eigenvalue weighted by Gasteiger charge is 2.21. The van der Waals surface area contributed by atoms with Crippen molar-refractivity contribution < 1.29 is 18.8 Å². The first-order valence-electron chi connectivity index (χ1n) is 10.7. The smallest absolute Gasteiger partial charge is 0.269 e. The first-order chi connectivity index (χ1) is 16.1. The van der Waals surface area contributed by atoms with E-state index in [2.05, 4.69) is 29.4 Å². The summed E-state index contributed by atoms with van der Waals surface area (Å²) < 4.78 is 21.0. The molecule has 2 aromatic carbocycles. The molecule has 180 valence electrons. The highest BCUT2D eigenvalue weighted by molar-refractivity contribution is 7.99. The predicted molar refractivity (Wildman–Crippen MR) is 127 cm³/mol. The van der Waals surface area contributed by atoms with E-state index in [4.69, 9.17) is 4.74 Å². The van der Waals surface area contributed by atoms with Crippen molar-refractivity contribution in [3.8, 4) is 5.75 Å². The number of ether oxygens (including phenoxy) is 1. The number of nitro groups is 1. The molecule has 1 atom stereocenters. The zero-order valence-electron chi connectivity index (χ0n) is 19.3. The first-order valence-corrected chi connectivity index (χ1v) is 11.7. The average molecular weight is 488 g/mol. The molecule has 0 saturated heterocycles. The number of thioether (sulfide) groups is 1. The summed E-state index contributed by atoms with van der Waals surface area (Å²) in [7, 11) is 0. The molecule has 0 aliphatic rings. The minimum absolute atomic E-state index is 0.0313. The van der Waals surface area contributed by atoms with Crippen molar-refractivity contribution in [1.29, 1.82) is 0 Å². The monoisotopic (exact) mass is 487 g/mol. The third-order valence-corrected chi connectivity index (χ3v) is 5.78. The van der Waals surface area contributed by atoms with Gasteiger partial charge in [-0.1, -0.05) is 25.6 Å². The number of rotatable bonds is 10. The van der Waals surface area contributed by atoms with Crippen molar-refractivity contribution in [2.24, 2.45) is 5.92 Å². The fourth-order valence-electron chi connectivity index (χ4n) is 3.23. The molecular weight excluding hydrogens is 461 g/mol. The third-order valence-electron chi connectivity index (χ3n) is 4.81. The molecule has 9 nitrogen and oxygen atoms in total. The van der Waals surface area contributed by atoms with Crippen molar-refractivity contribution >= 4 is 29.0 Å². The van der Waals surface area contributed by atoms with E-state index in [0.29, 0.717) is 40.4 Å². The van der Waals surface area contributed by atoms with Crippen molar-refractivity contribution in [3.05, 3.63) is 69.8 Å². The van der Waals surface area contributed by atoms with Gasteiger partial charge in [0.15, 0.2) is 17.1 Å². The summed E-state index contributed by atoms with van der Waals surface area (Å²) in [5, 5.41) is 22.8. The second kappa shape index (κ2) is 11.1. The first kappa shape index (κ1) is 25.2. The third kappa shape index (κ3) is 6.53. The standard InChI is InChI=1S/C23H26FN5O4S/c1-14(2)12-28-22(16(4)33-19-8-5-17(24)6-9-19)26-27-23(28)34-13-21(30)25-20-10-7-18(29(31)32)11-15(20)3/h5-11,14,16H,12-13H2,1-4H3,(H,25,30). The van der Waals surface area contributed by atoms with Gasteiger partial charge in [-0.3, -0.25) is 14.9 Å². The number of carbonyl (C=O) groups excluding carboxylic acids is 1. The van der Waals surface area contributed by atoms with Crippen molar-refractivity contribution in [2.45, 2.75) is 45.5 Å². The minimum atomic E-state index is -0.478. The second-order valence-electron chi connectivity index (χ2n) is 8.15. The Morgan fingerprint density at radius 1 is 1.21 bits per heavy atom. The van der Waals surface area contributed by atoms with Gasteiger partial charge >= 0.3 is 0 Å². The Labute approximate surface area is 200 Å². The zero-order valence-corrected chi connectivity index (χ0v) is 20.1. The van der Waals surface area contributed by atoms with Gasteiger partial charge in [0.05, 0.1) is 10.7 Å². The molecule has 3 rings (SSSR count). The number of anilines is 1. The van der Waals surface area contributed by atoms with E-state index < -0.39 is 11.0 Å². The van der Waals surface area contributed by atoms with Gasteiger partial charge in [-0.2, -0.15) is 0 Å². The molecule has 11 heteroatoms. The number of nitrogens with one attached hydrogen (secondary N) is 1. The number of aromatic nitrogens is 3. The van der Waals surface area contributed by atoms with E-state index in [-0.39, 0.29) is 23.2 Å². The molecule has 1 N–H and O–H groups in total. The Morgan fingerprint density at radius 3 is 2.53 bits per heavy atom. The van der Waals surface area contributed by atoms with Crippen molar-refractivity contribution in [2.75, 3.05) is 11.1 Å². The van der Waals surface area contributed by atoms with Gasteiger partial charge in [0.1, 0.15) is 11.6 Å². The largest absolute Gasteiger partial charge is 0.483 e. The molecule has 1 unspecified atom stereocenters. The van der Waals surface area contributed by atoms with Crippen LogP contribution in [-0.2, 0) is 11.3 Å². The Morgan fingerprint density at radius 2 is 1.91 bits per heavy atom. The molecule has 0 saturated carbocycles. The van der Waals surface area contributed by atoms with E-state index in [1.807, 2.05) is 11.5 Å². The maximum absolute atomic E-state index is 13.2. The molecule has 0 spiro atoms. The highest BCUT2D eigenvalue weighted by atomic mass is 32.2. The van der Waals surface area contributed by atoms with E-state index in [9.17, 15) is 19.3 Å². The normalized spacial score (nSPS) is 11.9. The highest BCUT2D eigenvalue weighted by Crippen LogP contribution is 2.26. The van der Waals surface area contributed by atoms with Gasteiger partial charge in [0.25, 0.3) is 5.69 Å². The van der Waals surface area contributed by atoms with Crippen LogP contribution in [0.15, 0.2) is 47.6 Å². The fourth-order valence-corrected chi connectivity index (χ4v) is 3.99. The number of aryl methyl sites for hydroxylation is 1. The van der Waals surface area contributed by atoms with Gasteiger partial charge in [-0.05, 0) is 55.7 Å². The van der Waals surface area contributed by atoms with Crippen LogP contribution in [0.25, 0.3) is 0 Å². The molecular formula is C23H26FN5O4S. The average Bonchev–Trinajstić information content (AvgIpc) is 3.17. The lowest BCUT2D eigenvalue weighted by Crippen LogP contribution is -2.17. The lowest BCUT2D eigenvalue weighted by Gasteiger charge is -2.18. The molecule has 34 heavy (non-hydrogen) atoms. The number of halogens is 1. The van der Waals surface area contributed by atoms with Gasteiger partial charge < -0.3 is 14.6 Å². The van der Waals surface area contributed by atoms with E-state index in [1.165, 1.54) is 42.1 Å². The molecule has 0 aliphatic heterocycles. The van der Waals surface area contributed by atoms with Crippen LogP contribution in [0.3, 0.4) is 0 Å². The number of hydrogen-bond donors (Lipinski definition) is 1. The Kier molecular flexibility index (Phi) is 8.21. The van der Waals surface area contributed by atoms with Crippen LogP contribution in [0.4, 0.5) is 15.8 Å². The summed E-state index contributed by atoms with van der Waals surface area (Å²) in [5.41, 5.74) is 1.09. The molecule has 1 heterocycles. The summed E-state index contributed by atoms with van der Waals surface area (Å²) in [5.74, 6) is 0.887. The fraction of sp³-hybridized carbons (Fsp3) is 0.348. The maximum atomic E-state index is 13.2. The zero-order chi connectivity index (χ0) is 24.8. The Bertz CT molecular complexity index is 1170. The number of nitrogens with zero attached hydrogens (tertiary/aromatic N) is 4. The van der Waals surface area contributed by atoms with E-state index in [0.717, 1.165) is 0 Å². The number of non-ortho nitro benzene ring substituents is 1. The lowest BCUT2D eigenvalue weighted by molar-refractivity contribution is -0.384. The van der Waals surface area contributed by atoms with Crippen LogP contribution in [0, 0.1) is 28.8 Å². The summed E-state index contributed by atoms with van der Waals surface area (Å²) in [4.78, 5) is 22.9. The minimum Gasteiger partial charge on any atom is -0.483 e. The second-order valence-corrected chi connectivity index (χ2v) is 9.09. The molecule has 3 aromatic rings. The van der Waals surface area contributed by atoms with Crippen LogP contribution in [0.2, 0.25) is 0 Å². The summed E-state index contributed by atoms with van der Waals surface area (Å²) in [6, 6.07) is 10.0. The maximum Gasteiger partial charge on any atom is 0.269 e. The molecule has 0 aliphatic carbocycles. The van der Waals surface area contributed by atoms with Crippen molar-refractivity contribution in [1.82, 2.24) is 14.8 Å². The number of amides is 1. The van der Waals surface area contributed by atoms with Gasteiger partial charge in [-0.25, -0.2) is 4.39 Å². The van der Waals surface area contributed by atoms with E-state index >= 15 is 0 Å². The number of hydrogen-bond acceptors (Lipinski definition) is 7. The number of benzene rings is 2. The van der Waals surface area contributed by atoms with Crippen molar-refractivity contribution in [3.63, 3.8) is 0 Å². The van der Waals surface area contributed by atoms with Crippen LogP contribution < -0.4 is 10.1 Å². The number of carbonyl (C=O) groups is 1. The molecule has 1 aromatic heterocycles. The molecule has 0 bridgehead atoms. The van der Waals surface area contributed by atoms with Crippen LogP contribution in [0.5, 0.6) is 5.75 Å². The molecule has 1 amide bonds. The molecule has 0 fully saturated rings. The quantitative estimate of drug-likeness (QED) is 0.239. The van der Waals surface area contributed by atoms with Crippen LogP contribution in [0.1, 0.15) is 38.3 Å². The van der Waals surface area contributed by atoms with E-state index in [1.54, 1.807) is 19.1 Å². The van der Waals surface area contributed by atoms with Crippen LogP contribution >= 0.6 is 11.8 Å². The SMILES string of the molecule is Cc1cc([N+](=O)[O-])ccc1NC(=O)CSc1nnc(C(C)Oc2ccc(F)cc2)n1CC(C)C. The predicted octanol–water partition coefficient (Wildman–Crippen LogP) is 5.16. The van der Waals surface area contributed by atoms with Crippen LogP contribution in [-0.4, -0.2) is 31.3 Å². The summed E-state index contributed by atoms with van der Waals surface area (Å²) in [6.45, 7) is 8.29. The van der Waals surface area contributed by atoms with Gasteiger partial charge in [0.2, 0.25) is 5.91 Å². The summed E-state index contributed by atoms with van der Waals surface area (Å²) in [6.07, 6.45) is -0.442. The van der Waals surface area contributed by atoms with Gasteiger partial charge in [-0.15, -0.1) is 10.2 Å². The topological polar surface area (TPSA) is 112 Å².